The van der Waals surface area contributed by atoms with Crippen molar-refractivity contribution in [2.75, 3.05) is 7.05 Å². The maximum absolute atomic E-state index is 3.20. The van der Waals surface area contributed by atoms with Gasteiger partial charge in [0, 0.05) is 25.7 Å². The van der Waals surface area contributed by atoms with Gasteiger partial charge in [0.1, 0.15) is 0 Å². The molecule has 2 nitrogen and oxygen atoms in total. The van der Waals surface area contributed by atoms with Crippen LogP contribution in [0.25, 0.3) is 0 Å². The van der Waals surface area contributed by atoms with E-state index in [-0.39, 0.29) is 0 Å². The molecule has 0 fully saturated rings. The lowest BCUT2D eigenvalue weighted by Crippen LogP contribution is -2.24. The lowest BCUT2D eigenvalue weighted by Gasteiger charge is -2.18. The van der Waals surface area contributed by atoms with Gasteiger partial charge in [-0.3, -0.25) is 4.90 Å². The topological polar surface area (TPSA) is 15.3 Å². The van der Waals surface area contributed by atoms with E-state index in [1.54, 1.807) is 0 Å². The zero-order valence-corrected chi connectivity index (χ0v) is 9.88. The minimum atomic E-state index is 0.644. The summed E-state index contributed by atoms with van der Waals surface area (Å²) < 4.78 is 0. The Morgan fingerprint density at radius 2 is 2.00 bits per heavy atom. The van der Waals surface area contributed by atoms with Crippen LogP contribution in [0.4, 0.5) is 0 Å². The smallest absolute Gasteiger partial charge is 0.0243 e. The lowest BCUT2D eigenvalue weighted by molar-refractivity contribution is 0.227. The Kier molecular flexibility index (Phi) is 3.08. The Balaban J connectivity index is 2.16. The lowest BCUT2D eigenvalue weighted by atomic mass is 10.1. The third-order valence-electron chi connectivity index (χ3n) is 3.13. The number of nitrogens with one attached hydrogen (secondary N) is 1. The molecule has 2 rings (SSSR count). The Hall–Kier alpha value is -0.860. The van der Waals surface area contributed by atoms with Gasteiger partial charge in [0.25, 0.3) is 0 Å². The molecule has 0 atom stereocenters. The Morgan fingerprint density at radius 3 is 2.67 bits per heavy atom. The minimum absolute atomic E-state index is 0.644. The standard InChI is InChI=1S/C13H20N2/c1-10(2)15-8-12-5-4-11(7-14-3)6-13(12)9-15/h4-6,10,14H,7-9H2,1-3H3. The van der Waals surface area contributed by atoms with E-state index < -0.39 is 0 Å². The van der Waals surface area contributed by atoms with Gasteiger partial charge in [-0.25, -0.2) is 0 Å². The normalized spacial score (nSPS) is 16.0. The maximum Gasteiger partial charge on any atom is 0.0243 e. The maximum atomic E-state index is 3.20. The summed E-state index contributed by atoms with van der Waals surface area (Å²) in [6.07, 6.45) is 0. The first-order valence-corrected chi connectivity index (χ1v) is 5.70. The molecule has 0 saturated heterocycles. The zero-order valence-electron chi connectivity index (χ0n) is 9.88. The van der Waals surface area contributed by atoms with E-state index in [4.69, 9.17) is 0 Å². The predicted molar refractivity (Wildman–Crippen MR) is 63.6 cm³/mol. The first-order chi connectivity index (χ1) is 7.20. The zero-order chi connectivity index (χ0) is 10.8. The van der Waals surface area contributed by atoms with E-state index in [0.717, 1.165) is 19.6 Å². The van der Waals surface area contributed by atoms with Crippen LogP contribution in [0.1, 0.15) is 30.5 Å². The molecule has 0 radical (unpaired) electrons. The SMILES string of the molecule is CNCc1ccc2c(c1)CN(C(C)C)C2. The van der Waals surface area contributed by atoms with Crippen LogP contribution in [0.2, 0.25) is 0 Å². The number of rotatable bonds is 3. The van der Waals surface area contributed by atoms with Crippen LogP contribution in [0, 0.1) is 0 Å². The van der Waals surface area contributed by atoms with Gasteiger partial charge in [-0.1, -0.05) is 18.2 Å². The molecule has 1 N–H and O–H groups in total. The van der Waals surface area contributed by atoms with Gasteiger partial charge >= 0.3 is 0 Å². The van der Waals surface area contributed by atoms with Crippen LogP contribution in [0.3, 0.4) is 0 Å². The number of hydrogen-bond donors (Lipinski definition) is 1. The number of benzene rings is 1. The van der Waals surface area contributed by atoms with Crippen LogP contribution >= 0.6 is 0 Å². The van der Waals surface area contributed by atoms with Crippen molar-refractivity contribution < 1.29 is 0 Å². The van der Waals surface area contributed by atoms with E-state index in [0.29, 0.717) is 6.04 Å². The van der Waals surface area contributed by atoms with Crippen LogP contribution in [0.5, 0.6) is 0 Å². The second-order valence-electron chi connectivity index (χ2n) is 4.63. The molecule has 1 aliphatic rings. The van der Waals surface area contributed by atoms with Crippen molar-refractivity contribution in [3.8, 4) is 0 Å². The van der Waals surface area contributed by atoms with Crippen molar-refractivity contribution in [3.05, 3.63) is 34.9 Å². The molecular formula is C13H20N2. The molecule has 0 bridgehead atoms. The Morgan fingerprint density at radius 1 is 1.27 bits per heavy atom. The fourth-order valence-corrected chi connectivity index (χ4v) is 2.15. The summed E-state index contributed by atoms with van der Waals surface area (Å²) in [5.41, 5.74) is 4.40. The molecule has 0 aromatic heterocycles. The van der Waals surface area contributed by atoms with Crippen LogP contribution in [-0.4, -0.2) is 18.0 Å². The summed E-state index contributed by atoms with van der Waals surface area (Å²) in [4.78, 5) is 2.51. The van der Waals surface area contributed by atoms with Crippen LogP contribution in [-0.2, 0) is 19.6 Å². The molecule has 15 heavy (non-hydrogen) atoms. The molecular weight excluding hydrogens is 184 g/mol. The van der Waals surface area contributed by atoms with Crippen molar-refractivity contribution in [3.63, 3.8) is 0 Å². The average Bonchev–Trinajstić information content (AvgIpc) is 2.61. The molecule has 0 spiro atoms. The van der Waals surface area contributed by atoms with Crippen LogP contribution < -0.4 is 5.32 Å². The molecule has 0 unspecified atom stereocenters. The average molecular weight is 204 g/mol. The molecule has 82 valence electrons. The Labute approximate surface area is 92.3 Å². The number of fused-ring (bicyclic) bond motifs is 1. The fourth-order valence-electron chi connectivity index (χ4n) is 2.15. The summed E-state index contributed by atoms with van der Waals surface area (Å²) >= 11 is 0. The third kappa shape index (κ3) is 2.21. The molecule has 0 amide bonds. The Bertz CT molecular complexity index is 344. The second kappa shape index (κ2) is 4.33. The highest BCUT2D eigenvalue weighted by Gasteiger charge is 2.20. The number of hydrogen-bond acceptors (Lipinski definition) is 2. The first-order valence-electron chi connectivity index (χ1n) is 5.70. The van der Waals surface area contributed by atoms with Gasteiger partial charge in [0.15, 0.2) is 0 Å². The summed E-state index contributed by atoms with van der Waals surface area (Å²) in [7, 11) is 1.99. The molecule has 0 aliphatic carbocycles. The van der Waals surface area contributed by atoms with E-state index in [9.17, 15) is 0 Å². The summed E-state index contributed by atoms with van der Waals surface area (Å²) in [5.74, 6) is 0. The number of nitrogens with zero attached hydrogens (tertiary/aromatic N) is 1. The van der Waals surface area contributed by atoms with Gasteiger partial charge in [-0.2, -0.15) is 0 Å². The second-order valence-corrected chi connectivity index (χ2v) is 4.63. The van der Waals surface area contributed by atoms with Crippen molar-refractivity contribution in [2.45, 2.75) is 39.5 Å². The summed E-state index contributed by atoms with van der Waals surface area (Å²) in [5, 5.41) is 3.20. The molecule has 1 aliphatic heterocycles. The summed E-state index contributed by atoms with van der Waals surface area (Å²) in [6.45, 7) is 7.73. The van der Waals surface area contributed by atoms with Crippen LogP contribution in [0.15, 0.2) is 18.2 Å². The first kappa shape index (κ1) is 10.7. The van der Waals surface area contributed by atoms with Gasteiger partial charge in [-0.15, -0.1) is 0 Å². The largest absolute Gasteiger partial charge is 0.316 e. The highest BCUT2D eigenvalue weighted by molar-refractivity contribution is 5.34. The van der Waals surface area contributed by atoms with Gasteiger partial charge < -0.3 is 5.32 Å². The molecule has 1 aromatic carbocycles. The highest BCUT2D eigenvalue weighted by atomic mass is 15.2. The van der Waals surface area contributed by atoms with Crippen molar-refractivity contribution in [1.29, 1.82) is 0 Å². The quantitative estimate of drug-likeness (QED) is 0.811. The van der Waals surface area contributed by atoms with E-state index >= 15 is 0 Å². The summed E-state index contributed by atoms with van der Waals surface area (Å²) in [6, 6.07) is 7.50. The minimum Gasteiger partial charge on any atom is -0.316 e. The monoisotopic (exact) mass is 204 g/mol. The van der Waals surface area contributed by atoms with Gasteiger partial charge in [-0.05, 0) is 37.6 Å². The van der Waals surface area contributed by atoms with Gasteiger partial charge in [0.2, 0.25) is 0 Å². The molecule has 1 aromatic rings. The molecule has 2 heteroatoms. The fraction of sp³-hybridized carbons (Fsp3) is 0.538. The van der Waals surface area contributed by atoms with Crippen molar-refractivity contribution in [2.24, 2.45) is 0 Å². The predicted octanol–water partition coefficient (Wildman–Crippen LogP) is 2.13. The highest BCUT2D eigenvalue weighted by Crippen LogP contribution is 2.25. The van der Waals surface area contributed by atoms with Gasteiger partial charge in [0.05, 0.1) is 0 Å². The van der Waals surface area contributed by atoms with E-state index in [2.05, 4.69) is 42.3 Å². The van der Waals surface area contributed by atoms with E-state index in [1.165, 1.54) is 16.7 Å². The third-order valence-corrected chi connectivity index (χ3v) is 3.13. The molecule has 0 saturated carbocycles. The van der Waals surface area contributed by atoms with Crippen molar-refractivity contribution in [1.82, 2.24) is 10.2 Å². The van der Waals surface area contributed by atoms with Crippen molar-refractivity contribution >= 4 is 0 Å². The van der Waals surface area contributed by atoms with E-state index in [1.807, 2.05) is 7.05 Å². The molecule has 1 heterocycles.